The fourth-order valence-corrected chi connectivity index (χ4v) is 2.10. The zero-order valence-corrected chi connectivity index (χ0v) is 11.3. The molecule has 0 aliphatic carbocycles. The SMILES string of the molecule is CC(C)Cc1ccc2c(c1)NCC(C)(C)CO2. The van der Waals surface area contributed by atoms with E-state index in [1.165, 1.54) is 5.56 Å². The molecule has 0 aromatic heterocycles. The Labute approximate surface area is 104 Å². The van der Waals surface area contributed by atoms with Crippen molar-refractivity contribution in [2.75, 3.05) is 18.5 Å². The predicted molar refractivity (Wildman–Crippen MR) is 72.7 cm³/mol. The number of hydrogen-bond donors (Lipinski definition) is 1. The van der Waals surface area contributed by atoms with Gasteiger partial charge in [-0.25, -0.2) is 0 Å². The van der Waals surface area contributed by atoms with Crippen molar-refractivity contribution in [2.24, 2.45) is 11.3 Å². The van der Waals surface area contributed by atoms with Crippen LogP contribution < -0.4 is 10.1 Å². The van der Waals surface area contributed by atoms with Crippen LogP contribution in [-0.4, -0.2) is 13.2 Å². The van der Waals surface area contributed by atoms with Gasteiger partial charge in [0.1, 0.15) is 5.75 Å². The van der Waals surface area contributed by atoms with E-state index in [0.717, 1.165) is 31.0 Å². The van der Waals surface area contributed by atoms with Crippen LogP contribution in [0.1, 0.15) is 33.3 Å². The largest absolute Gasteiger partial charge is 0.491 e. The van der Waals surface area contributed by atoms with Crippen LogP contribution in [0.5, 0.6) is 5.75 Å². The minimum Gasteiger partial charge on any atom is -0.491 e. The Morgan fingerprint density at radius 1 is 1.35 bits per heavy atom. The molecule has 0 saturated heterocycles. The standard InChI is InChI=1S/C15H23NO/c1-11(2)7-12-5-6-14-13(8-12)16-9-15(3,4)10-17-14/h5-6,8,11,16H,7,9-10H2,1-4H3. The summed E-state index contributed by atoms with van der Waals surface area (Å²) in [4.78, 5) is 0. The number of hydrogen-bond acceptors (Lipinski definition) is 2. The van der Waals surface area contributed by atoms with Crippen molar-refractivity contribution in [3.63, 3.8) is 0 Å². The summed E-state index contributed by atoms with van der Waals surface area (Å²) >= 11 is 0. The number of benzene rings is 1. The second kappa shape index (κ2) is 4.59. The topological polar surface area (TPSA) is 21.3 Å². The molecule has 2 heteroatoms. The molecule has 0 amide bonds. The van der Waals surface area contributed by atoms with Crippen LogP contribution in [0.3, 0.4) is 0 Å². The lowest BCUT2D eigenvalue weighted by Gasteiger charge is -2.20. The maximum absolute atomic E-state index is 5.86. The summed E-state index contributed by atoms with van der Waals surface area (Å²) in [5, 5.41) is 3.50. The Kier molecular flexibility index (Phi) is 3.32. The first-order valence-corrected chi connectivity index (χ1v) is 6.46. The molecule has 0 fully saturated rings. The zero-order valence-electron chi connectivity index (χ0n) is 11.3. The Morgan fingerprint density at radius 2 is 2.12 bits per heavy atom. The molecule has 1 heterocycles. The summed E-state index contributed by atoms with van der Waals surface area (Å²) < 4.78 is 5.86. The molecule has 94 valence electrons. The van der Waals surface area contributed by atoms with Gasteiger partial charge in [-0.2, -0.15) is 0 Å². The van der Waals surface area contributed by atoms with Crippen LogP contribution in [0.15, 0.2) is 18.2 Å². The molecule has 1 aromatic rings. The van der Waals surface area contributed by atoms with E-state index >= 15 is 0 Å². The summed E-state index contributed by atoms with van der Waals surface area (Å²) in [6, 6.07) is 6.51. The molecule has 2 rings (SSSR count). The maximum atomic E-state index is 5.86. The number of anilines is 1. The van der Waals surface area contributed by atoms with E-state index in [0.29, 0.717) is 5.92 Å². The molecule has 0 bridgehead atoms. The van der Waals surface area contributed by atoms with Gasteiger partial charge in [-0.05, 0) is 30.0 Å². The number of rotatable bonds is 2. The molecule has 2 nitrogen and oxygen atoms in total. The Balaban J connectivity index is 2.20. The third-order valence-corrected chi connectivity index (χ3v) is 3.06. The van der Waals surface area contributed by atoms with Gasteiger partial charge >= 0.3 is 0 Å². The molecule has 0 atom stereocenters. The van der Waals surface area contributed by atoms with Gasteiger partial charge in [-0.1, -0.05) is 33.8 Å². The lowest BCUT2D eigenvalue weighted by molar-refractivity contribution is 0.200. The van der Waals surface area contributed by atoms with Crippen LogP contribution in [0.25, 0.3) is 0 Å². The summed E-state index contributed by atoms with van der Waals surface area (Å²) in [7, 11) is 0. The highest BCUT2D eigenvalue weighted by molar-refractivity contribution is 5.59. The lowest BCUT2D eigenvalue weighted by atomic mass is 9.95. The third-order valence-electron chi connectivity index (χ3n) is 3.06. The van der Waals surface area contributed by atoms with Gasteiger partial charge in [0.15, 0.2) is 0 Å². The van der Waals surface area contributed by atoms with E-state index in [1.54, 1.807) is 0 Å². The molecule has 1 aliphatic rings. The van der Waals surface area contributed by atoms with Crippen molar-refractivity contribution >= 4 is 5.69 Å². The molecule has 0 radical (unpaired) electrons. The first kappa shape index (κ1) is 12.3. The van der Waals surface area contributed by atoms with Gasteiger partial charge in [0.2, 0.25) is 0 Å². The minimum atomic E-state index is 0.192. The van der Waals surface area contributed by atoms with Gasteiger partial charge in [0.25, 0.3) is 0 Å². The van der Waals surface area contributed by atoms with Crippen LogP contribution in [0, 0.1) is 11.3 Å². The fourth-order valence-electron chi connectivity index (χ4n) is 2.10. The van der Waals surface area contributed by atoms with Crippen molar-refractivity contribution in [1.29, 1.82) is 0 Å². The Morgan fingerprint density at radius 3 is 2.82 bits per heavy atom. The Hall–Kier alpha value is -1.18. The van der Waals surface area contributed by atoms with Crippen molar-refractivity contribution < 1.29 is 4.74 Å². The van der Waals surface area contributed by atoms with E-state index < -0.39 is 0 Å². The van der Waals surface area contributed by atoms with Gasteiger partial charge in [0, 0.05) is 12.0 Å². The predicted octanol–water partition coefficient (Wildman–Crippen LogP) is 3.72. The normalized spacial score (nSPS) is 17.9. The summed E-state index contributed by atoms with van der Waals surface area (Å²) in [6.45, 7) is 10.7. The average molecular weight is 233 g/mol. The van der Waals surface area contributed by atoms with Crippen LogP contribution in [0.2, 0.25) is 0 Å². The molecular formula is C15H23NO. The van der Waals surface area contributed by atoms with Crippen LogP contribution in [-0.2, 0) is 6.42 Å². The smallest absolute Gasteiger partial charge is 0.142 e. The van der Waals surface area contributed by atoms with E-state index in [1.807, 2.05) is 0 Å². The Bertz CT molecular complexity index is 396. The highest BCUT2D eigenvalue weighted by atomic mass is 16.5. The molecule has 1 N–H and O–H groups in total. The molecule has 1 aromatic carbocycles. The van der Waals surface area contributed by atoms with Crippen LogP contribution in [0.4, 0.5) is 5.69 Å². The molecule has 0 unspecified atom stereocenters. The first-order chi connectivity index (χ1) is 7.96. The first-order valence-electron chi connectivity index (χ1n) is 6.46. The van der Waals surface area contributed by atoms with E-state index in [4.69, 9.17) is 4.74 Å². The quantitative estimate of drug-likeness (QED) is 0.840. The van der Waals surface area contributed by atoms with E-state index in [2.05, 4.69) is 51.2 Å². The monoisotopic (exact) mass is 233 g/mol. The second-order valence-corrected chi connectivity index (χ2v) is 6.23. The van der Waals surface area contributed by atoms with Crippen molar-refractivity contribution in [1.82, 2.24) is 0 Å². The lowest BCUT2D eigenvalue weighted by Crippen LogP contribution is -2.27. The fraction of sp³-hybridized carbons (Fsp3) is 0.600. The van der Waals surface area contributed by atoms with Crippen molar-refractivity contribution in [3.8, 4) is 5.75 Å². The van der Waals surface area contributed by atoms with Gasteiger partial charge < -0.3 is 10.1 Å². The van der Waals surface area contributed by atoms with Gasteiger partial charge in [-0.3, -0.25) is 0 Å². The molecule has 1 aliphatic heterocycles. The molecular weight excluding hydrogens is 210 g/mol. The van der Waals surface area contributed by atoms with Crippen molar-refractivity contribution in [2.45, 2.75) is 34.1 Å². The maximum Gasteiger partial charge on any atom is 0.142 e. The molecule has 0 spiro atoms. The zero-order chi connectivity index (χ0) is 12.5. The third kappa shape index (κ3) is 3.15. The van der Waals surface area contributed by atoms with E-state index in [9.17, 15) is 0 Å². The highest BCUT2D eigenvalue weighted by Crippen LogP contribution is 2.32. The molecule has 0 saturated carbocycles. The highest BCUT2D eigenvalue weighted by Gasteiger charge is 2.23. The average Bonchev–Trinajstić information content (AvgIpc) is 2.38. The van der Waals surface area contributed by atoms with Gasteiger partial charge in [-0.15, -0.1) is 0 Å². The van der Waals surface area contributed by atoms with Crippen LogP contribution >= 0.6 is 0 Å². The number of fused-ring (bicyclic) bond motifs is 1. The minimum absolute atomic E-state index is 0.192. The number of ether oxygens (including phenoxy) is 1. The summed E-state index contributed by atoms with van der Waals surface area (Å²) in [5.41, 5.74) is 2.72. The summed E-state index contributed by atoms with van der Waals surface area (Å²) in [6.07, 6.45) is 1.12. The van der Waals surface area contributed by atoms with Crippen molar-refractivity contribution in [3.05, 3.63) is 23.8 Å². The summed E-state index contributed by atoms with van der Waals surface area (Å²) in [5.74, 6) is 1.68. The van der Waals surface area contributed by atoms with Gasteiger partial charge in [0.05, 0.1) is 12.3 Å². The van der Waals surface area contributed by atoms with E-state index in [-0.39, 0.29) is 5.41 Å². The molecule has 17 heavy (non-hydrogen) atoms. The second-order valence-electron chi connectivity index (χ2n) is 6.23. The number of nitrogens with one attached hydrogen (secondary N) is 1.